The van der Waals surface area contributed by atoms with Crippen LogP contribution >= 0.6 is 0 Å². The lowest BCUT2D eigenvalue weighted by atomic mass is 9.89. The van der Waals surface area contributed by atoms with Crippen LogP contribution in [0.2, 0.25) is 0 Å². The number of urea groups is 1. The van der Waals surface area contributed by atoms with E-state index in [1.165, 1.54) is 50.5 Å². The number of primary amides is 1. The van der Waals surface area contributed by atoms with Crippen molar-refractivity contribution in [2.75, 3.05) is 139 Å². The van der Waals surface area contributed by atoms with Crippen molar-refractivity contribution >= 4 is 89.1 Å². The number of benzene rings is 2. The van der Waals surface area contributed by atoms with E-state index < -0.39 is 167 Å². The zero-order chi connectivity index (χ0) is 97.3. The third kappa shape index (κ3) is 41.7. The number of aliphatic hydroxyl groups excluding tert-OH is 1. The van der Waals surface area contributed by atoms with Crippen molar-refractivity contribution in [1.29, 1.82) is 0 Å². The number of carbonyl (C=O) groups is 14. The van der Waals surface area contributed by atoms with E-state index in [-0.39, 0.29) is 108 Å². The lowest BCUT2D eigenvalue weighted by molar-refractivity contribution is -0.148. The number of anilines is 1. The van der Waals surface area contributed by atoms with E-state index in [0.717, 1.165) is 9.80 Å². The second kappa shape index (κ2) is 60.8. The first kappa shape index (κ1) is 113. The molecule has 2 aliphatic rings. The fraction of sp³-hybridized carbons (Fsp3) is 0.696. The Hall–Kier alpha value is -10.2. The Morgan fingerprint density at radius 2 is 1.13 bits per heavy atom. The summed E-state index contributed by atoms with van der Waals surface area (Å²) < 4.78 is 55.7. The first-order chi connectivity index (χ1) is 62.2. The van der Waals surface area contributed by atoms with Crippen LogP contribution in [0.3, 0.4) is 0 Å². The van der Waals surface area contributed by atoms with Gasteiger partial charge in [-0.05, 0) is 132 Å². The second-order valence-corrected chi connectivity index (χ2v) is 34.9. The molecule has 0 aromatic heterocycles. The number of imide groups is 1. The van der Waals surface area contributed by atoms with Gasteiger partial charge in [-0.1, -0.05) is 118 Å². The minimum Gasteiger partial charge on any atom is -0.447 e. The SMILES string of the molecule is CC[C@H](C)[C@@H]([C@@H](CC(=O)N1CCC[C@H]1[C@H](OC)[C@@H](C)C(=O)N[C@H](C)[C@@H](O)c1ccccc1)OC)N(C)C(=O)[C@@H](NC(=O)[C@H](C(C)C)N(C)C(=O)OCc1ccc(NC(=O)[C@H](CCCNC(N)=O)NC(=O)[C@@H](NC(=O)[C@H](CCCCNC(=O)OCCOCCOCCOCCOCCOCCNC(=O)OC(C)(C)C)NC(=O)CCCCCN2C(=O)C=CC2=O)C(C)C)cc1)C(C)C. The maximum Gasteiger partial charge on any atom is 0.410 e. The number of hydrogen-bond donors (Lipinski definition) is 11. The molecular weight excluding hydrogens is 1700 g/mol. The summed E-state index contributed by atoms with van der Waals surface area (Å²) in [5.74, 6) is -7.57. The molecule has 0 bridgehead atoms. The number of nitrogens with one attached hydrogen (secondary N) is 9. The highest BCUT2D eigenvalue weighted by molar-refractivity contribution is 6.13. The number of likely N-dealkylation sites (N-methyl/N-ethyl adjacent to an activating group) is 2. The highest BCUT2D eigenvalue weighted by atomic mass is 16.6. The number of ether oxygens (including phenoxy) is 10. The van der Waals surface area contributed by atoms with E-state index in [1.807, 2.05) is 32.0 Å². The van der Waals surface area contributed by atoms with Crippen LogP contribution in [0.1, 0.15) is 191 Å². The number of hydrogen-bond acceptors (Lipinski definition) is 25. The van der Waals surface area contributed by atoms with Gasteiger partial charge in [0.1, 0.15) is 49.0 Å². The van der Waals surface area contributed by atoms with E-state index in [0.29, 0.717) is 122 Å². The Morgan fingerprint density at radius 1 is 0.565 bits per heavy atom. The van der Waals surface area contributed by atoms with Crippen LogP contribution in [0.25, 0.3) is 0 Å². The number of alkyl carbamates (subject to hydrolysis) is 2. The van der Waals surface area contributed by atoms with Gasteiger partial charge in [0.2, 0.25) is 47.3 Å². The normalized spacial score (nSPS) is 16.0. The maximum atomic E-state index is 14.9. The maximum absolute atomic E-state index is 14.9. The lowest BCUT2D eigenvalue weighted by Crippen LogP contribution is -2.60. The molecule has 39 heteroatoms. The van der Waals surface area contributed by atoms with Gasteiger partial charge in [-0.2, -0.15) is 0 Å². The van der Waals surface area contributed by atoms with E-state index in [2.05, 4.69) is 47.9 Å². The first-order valence-electron chi connectivity index (χ1n) is 45.7. The Balaban J connectivity index is 1.33. The average Bonchev–Trinajstić information content (AvgIpc) is 1.74. The molecule has 738 valence electrons. The van der Waals surface area contributed by atoms with Crippen molar-refractivity contribution in [3.63, 3.8) is 0 Å². The molecular formula is C92H150N14O25. The number of amides is 15. The highest BCUT2D eigenvalue weighted by Crippen LogP contribution is 2.31. The van der Waals surface area contributed by atoms with Gasteiger partial charge in [0.25, 0.3) is 11.8 Å². The molecule has 0 aliphatic carbocycles. The molecule has 15 amide bonds. The summed E-state index contributed by atoms with van der Waals surface area (Å²) in [5.41, 5.74) is 6.16. The smallest absolute Gasteiger partial charge is 0.410 e. The molecule has 12 N–H and O–H groups in total. The third-order valence-corrected chi connectivity index (χ3v) is 22.4. The van der Waals surface area contributed by atoms with Crippen LogP contribution < -0.4 is 53.6 Å². The fourth-order valence-corrected chi connectivity index (χ4v) is 15.0. The van der Waals surface area contributed by atoms with Gasteiger partial charge < -0.3 is 116 Å². The predicted molar refractivity (Wildman–Crippen MR) is 487 cm³/mol. The molecule has 2 aromatic rings. The quantitative estimate of drug-likeness (QED) is 0.0203. The Kier molecular flexibility index (Phi) is 52.5. The summed E-state index contributed by atoms with van der Waals surface area (Å²) in [4.78, 5) is 194. The van der Waals surface area contributed by atoms with Crippen molar-refractivity contribution in [2.45, 2.75) is 252 Å². The number of aliphatic hydroxyl groups is 1. The molecule has 0 spiro atoms. The second-order valence-electron chi connectivity index (χ2n) is 34.9. The van der Waals surface area contributed by atoms with Gasteiger partial charge in [-0.3, -0.25) is 57.7 Å². The van der Waals surface area contributed by atoms with Gasteiger partial charge in [-0.15, -0.1) is 0 Å². The van der Waals surface area contributed by atoms with Gasteiger partial charge >= 0.3 is 24.3 Å². The van der Waals surface area contributed by atoms with Gasteiger partial charge in [0.15, 0.2) is 0 Å². The number of likely N-dealkylation sites (tertiary alicyclic amines) is 1. The zero-order valence-corrected chi connectivity index (χ0v) is 79.9. The highest BCUT2D eigenvalue weighted by Gasteiger charge is 2.45. The summed E-state index contributed by atoms with van der Waals surface area (Å²) in [6, 6.07) is 6.78. The largest absolute Gasteiger partial charge is 0.447 e. The molecule has 1 fully saturated rings. The molecule has 0 radical (unpaired) electrons. The number of methoxy groups -OCH3 is 2. The summed E-state index contributed by atoms with van der Waals surface area (Å²) in [5, 5.41) is 35.7. The lowest BCUT2D eigenvalue weighted by Gasteiger charge is -2.41. The number of rotatable bonds is 63. The molecule has 2 aromatic carbocycles. The molecule has 4 rings (SSSR count). The van der Waals surface area contributed by atoms with Crippen molar-refractivity contribution in [2.24, 2.45) is 35.3 Å². The topological polar surface area (TPSA) is 499 Å². The van der Waals surface area contributed by atoms with Crippen molar-refractivity contribution in [3.05, 3.63) is 77.9 Å². The van der Waals surface area contributed by atoms with E-state index in [4.69, 9.17) is 53.1 Å². The standard InChI is InChI=1S/C92H150N14O25/c1-18-62(8)79(71(122-16)57-75(110)105-45-28-33-70(105)81(123-17)63(9)82(112)97-64(10)80(111)66-29-21-19-22-30-66)103(14)87(117)77(60(4)5)102-86(116)78(61(6)7)104(15)91(121)130-58-65-35-37-67(38-36-65)98-83(113)69(32-27-42-94-88(93)118)100-85(115)76(59(2)3)101-84(114)68(99-72(107)34-23-20-26-44-106-73(108)39-40-74(106)109)31-24-25-41-95-89(119)129-56-55-128-54-53-127-52-51-126-50-49-125-48-47-124-46-43-96-90(120)131-92(11,12)13/h19,21-22,29-30,35-40,59-64,68-71,76-81,111H,18,20,23-28,31-34,41-58H2,1-17H3,(H,95,119)(H,96,120)(H,97,112)(H,98,113)(H,99,107)(H,100,115)(H,101,114)(H,102,116)(H3,93,94,118)/t62-,63+,64+,68-,69-,70-,71+,76-,77-,78-,79-,80+,81+/m0/s1. The molecule has 2 heterocycles. The molecule has 2 aliphatic heterocycles. The van der Waals surface area contributed by atoms with Crippen LogP contribution in [0.4, 0.5) is 24.9 Å². The molecule has 39 nitrogen and oxygen atoms in total. The van der Waals surface area contributed by atoms with E-state index in [9.17, 15) is 72.2 Å². The molecule has 1 saturated heterocycles. The zero-order valence-electron chi connectivity index (χ0n) is 79.9. The van der Waals surface area contributed by atoms with Gasteiger partial charge in [-0.25, -0.2) is 19.2 Å². The van der Waals surface area contributed by atoms with Crippen molar-refractivity contribution < 1.29 is 120 Å². The van der Waals surface area contributed by atoms with Crippen molar-refractivity contribution in [3.8, 4) is 0 Å². The van der Waals surface area contributed by atoms with Gasteiger partial charge in [0.05, 0.1) is 115 Å². The first-order valence-corrected chi connectivity index (χ1v) is 45.7. The van der Waals surface area contributed by atoms with Crippen LogP contribution in [0, 0.1) is 29.6 Å². The molecule has 0 unspecified atom stereocenters. The minimum absolute atomic E-state index is 0.0155. The third-order valence-electron chi connectivity index (χ3n) is 22.4. The minimum atomic E-state index is -1.26. The summed E-state index contributed by atoms with van der Waals surface area (Å²) in [6.07, 6.45) is 1.66. The van der Waals surface area contributed by atoms with Crippen molar-refractivity contribution in [1.82, 2.24) is 62.1 Å². The van der Waals surface area contributed by atoms with Crippen LogP contribution in [0.5, 0.6) is 0 Å². The Morgan fingerprint density at radius 3 is 1.69 bits per heavy atom. The van der Waals surface area contributed by atoms with E-state index in [1.54, 1.807) is 112 Å². The number of unbranched alkanes of at least 4 members (excludes halogenated alkanes) is 3. The van der Waals surface area contributed by atoms with Gasteiger partial charge in [0, 0.05) is 85.3 Å². The van der Waals surface area contributed by atoms with Crippen LogP contribution in [-0.4, -0.2) is 308 Å². The number of nitrogens with zero attached hydrogens (tertiary/aromatic N) is 4. The Labute approximate surface area is 772 Å². The number of carbonyl (C=O) groups excluding carboxylic acids is 14. The monoisotopic (exact) mass is 1850 g/mol. The summed E-state index contributed by atoms with van der Waals surface area (Å²) >= 11 is 0. The van der Waals surface area contributed by atoms with Crippen LogP contribution in [0.15, 0.2) is 66.7 Å². The Bertz CT molecular complexity index is 3880. The molecule has 0 saturated carbocycles. The average molecular weight is 1850 g/mol. The molecule has 131 heavy (non-hydrogen) atoms. The summed E-state index contributed by atoms with van der Waals surface area (Å²) in [7, 11) is 6.03. The fourth-order valence-electron chi connectivity index (χ4n) is 15.0. The van der Waals surface area contributed by atoms with E-state index >= 15 is 0 Å². The molecule has 13 atom stereocenters. The van der Waals surface area contributed by atoms with Crippen LogP contribution in [-0.2, 0) is 102 Å². The predicted octanol–water partition coefficient (Wildman–Crippen LogP) is 6.07. The number of nitrogens with two attached hydrogens (primary N) is 1. The summed E-state index contributed by atoms with van der Waals surface area (Å²) in [6.45, 7) is 26.9.